The average molecular weight is 406 g/mol. The minimum absolute atomic E-state index is 0.00673. The van der Waals surface area contributed by atoms with Gasteiger partial charge in [-0.2, -0.15) is 4.68 Å². The normalized spacial score (nSPS) is 19.6. The summed E-state index contributed by atoms with van der Waals surface area (Å²) in [5.41, 5.74) is -0.950. The molecule has 0 amide bonds. The highest BCUT2D eigenvalue weighted by molar-refractivity contribution is 6.38. The van der Waals surface area contributed by atoms with Gasteiger partial charge in [0.2, 0.25) is 0 Å². The number of nitrogens with zero attached hydrogens (tertiary/aromatic N) is 6. The number of aromatic nitrogens is 5. The summed E-state index contributed by atoms with van der Waals surface area (Å²) in [7, 11) is 0. The van der Waals surface area contributed by atoms with E-state index in [-0.39, 0.29) is 33.7 Å². The van der Waals surface area contributed by atoms with Crippen molar-refractivity contribution in [2.45, 2.75) is 31.3 Å². The molecule has 5 rings (SSSR count). The standard InChI is InChI=1S/C17H17ClFN7O2/c18-13-14-11(16(27)26(20)17(28)25(14)9-1-2-9)7-12(19)15(13)23-5-3-10(8-23)24-6-4-21-22-24/h4,6-7,9-10H,1-3,5,8,20H2. The predicted molar refractivity (Wildman–Crippen MR) is 102 cm³/mol. The zero-order valence-corrected chi connectivity index (χ0v) is 15.5. The molecule has 11 heteroatoms. The minimum Gasteiger partial charge on any atom is -0.366 e. The van der Waals surface area contributed by atoms with Crippen LogP contribution in [0, 0.1) is 5.82 Å². The number of anilines is 1. The summed E-state index contributed by atoms with van der Waals surface area (Å²) in [6, 6.07) is 1.09. The zero-order valence-electron chi connectivity index (χ0n) is 14.8. The van der Waals surface area contributed by atoms with E-state index >= 15 is 4.39 Å². The van der Waals surface area contributed by atoms with Crippen LogP contribution in [0.5, 0.6) is 0 Å². The van der Waals surface area contributed by atoms with E-state index in [9.17, 15) is 9.59 Å². The molecule has 1 aliphatic heterocycles. The first-order valence-electron chi connectivity index (χ1n) is 9.02. The van der Waals surface area contributed by atoms with Gasteiger partial charge in [-0.25, -0.2) is 13.9 Å². The van der Waals surface area contributed by atoms with E-state index in [1.54, 1.807) is 17.1 Å². The van der Waals surface area contributed by atoms with Gasteiger partial charge in [0.05, 0.1) is 33.9 Å². The number of benzene rings is 1. The van der Waals surface area contributed by atoms with Crippen LogP contribution in [0.4, 0.5) is 10.1 Å². The van der Waals surface area contributed by atoms with E-state index in [4.69, 9.17) is 17.4 Å². The second-order valence-electron chi connectivity index (χ2n) is 7.25. The van der Waals surface area contributed by atoms with Crippen molar-refractivity contribution in [1.82, 2.24) is 24.2 Å². The fourth-order valence-electron chi connectivity index (χ4n) is 3.96. The van der Waals surface area contributed by atoms with E-state index < -0.39 is 17.1 Å². The number of halogens is 2. The van der Waals surface area contributed by atoms with Crippen LogP contribution in [0.3, 0.4) is 0 Å². The van der Waals surface area contributed by atoms with Crippen LogP contribution >= 0.6 is 11.6 Å². The third-order valence-electron chi connectivity index (χ3n) is 5.48. The van der Waals surface area contributed by atoms with Crippen molar-refractivity contribution < 1.29 is 4.39 Å². The maximum atomic E-state index is 15.0. The quantitative estimate of drug-likeness (QED) is 0.653. The van der Waals surface area contributed by atoms with Crippen LogP contribution in [0.15, 0.2) is 28.0 Å². The van der Waals surface area contributed by atoms with Gasteiger partial charge >= 0.3 is 5.69 Å². The summed E-state index contributed by atoms with van der Waals surface area (Å²) in [6.45, 7) is 1.06. The molecule has 3 aromatic rings. The molecule has 0 radical (unpaired) electrons. The fourth-order valence-corrected chi connectivity index (χ4v) is 4.36. The van der Waals surface area contributed by atoms with Crippen molar-refractivity contribution in [2.24, 2.45) is 0 Å². The third-order valence-corrected chi connectivity index (χ3v) is 5.84. The van der Waals surface area contributed by atoms with Gasteiger partial charge in [-0.15, -0.1) is 5.10 Å². The van der Waals surface area contributed by atoms with Gasteiger partial charge in [-0.1, -0.05) is 16.8 Å². The Balaban J connectivity index is 1.69. The molecule has 2 aliphatic rings. The number of hydrogen-bond acceptors (Lipinski definition) is 6. The Hall–Kier alpha value is -2.88. The minimum atomic E-state index is -0.758. The number of rotatable bonds is 3. The molecule has 1 aromatic carbocycles. The Bertz CT molecular complexity index is 1200. The SMILES string of the molecule is Nn1c(=O)c2cc(F)c(N3CCC(n4ccnn4)C3)c(Cl)c2n(C2CC2)c1=O. The summed E-state index contributed by atoms with van der Waals surface area (Å²) in [5.74, 6) is 5.01. The van der Waals surface area contributed by atoms with Gasteiger partial charge in [-0.3, -0.25) is 9.36 Å². The molecule has 1 saturated carbocycles. The fraction of sp³-hybridized carbons (Fsp3) is 0.412. The van der Waals surface area contributed by atoms with Crippen molar-refractivity contribution in [3.63, 3.8) is 0 Å². The molecule has 146 valence electrons. The van der Waals surface area contributed by atoms with E-state index in [1.807, 2.05) is 4.90 Å². The van der Waals surface area contributed by atoms with Crippen LogP contribution in [0.1, 0.15) is 31.3 Å². The van der Waals surface area contributed by atoms with E-state index in [0.29, 0.717) is 17.8 Å². The maximum absolute atomic E-state index is 15.0. The average Bonchev–Trinajstić information content (AvgIpc) is 3.16. The molecule has 1 saturated heterocycles. The smallest absolute Gasteiger partial charge is 0.350 e. The highest BCUT2D eigenvalue weighted by atomic mass is 35.5. The monoisotopic (exact) mass is 405 g/mol. The van der Waals surface area contributed by atoms with Crippen LogP contribution in [0.25, 0.3) is 10.9 Å². The molecule has 0 spiro atoms. The lowest BCUT2D eigenvalue weighted by atomic mass is 10.2. The summed E-state index contributed by atoms with van der Waals surface area (Å²) in [6.07, 6.45) is 5.68. The molecule has 2 fully saturated rings. The molecule has 1 aliphatic carbocycles. The lowest BCUT2D eigenvalue weighted by Gasteiger charge is -2.23. The molecular formula is C17H17ClFN7O2. The van der Waals surface area contributed by atoms with Gasteiger partial charge in [-0.05, 0) is 25.3 Å². The lowest BCUT2D eigenvalue weighted by molar-refractivity contribution is 0.479. The summed E-state index contributed by atoms with van der Waals surface area (Å²) in [4.78, 5) is 26.9. The molecular weight excluding hydrogens is 389 g/mol. The Labute approximate surface area is 162 Å². The van der Waals surface area contributed by atoms with Crippen LogP contribution in [0.2, 0.25) is 5.02 Å². The lowest BCUT2D eigenvalue weighted by Crippen LogP contribution is -2.44. The van der Waals surface area contributed by atoms with Crippen LogP contribution in [-0.4, -0.2) is 37.3 Å². The topological polar surface area (TPSA) is 104 Å². The van der Waals surface area contributed by atoms with Crippen molar-refractivity contribution in [2.75, 3.05) is 23.8 Å². The van der Waals surface area contributed by atoms with E-state index in [1.165, 1.54) is 4.57 Å². The molecule has 2 aromatic heterocycles. The molecule has 9 nitrogen and oxygen atoms in total. The first kappa shape index (κ1) is 17.2. The van der Waals surface area contributed by atoms with Crippen LogP contribution < -0.4 is 22.0 Å². The van der Waals surface area contributed by atoms with Gasteiger partial charge < -0.3 is 10.7 Å². The Morgan fingerprint density at radius 2 is 2.00 bits per heavy atom. The van der Waals surface area contributed by atoms with E-state index in [0.717, 1.165) is 25.3 Å². The second-order valence-corrected chi connectivity index (χ2v) is 7.63. The van der Waals surface area contributed by atoms with Gasteiger partial charge in [0.25, 0.3) is 5.56 Å². The largest absolute Gasteiger partial charge is 0.366 e. The van der Waals surface area contributed by atoms with Crippen LogP contribution in [-0.2, 0) is 0 Å². The molecule has 1 unspecified atom stereocenters. The second kappa shape index (κ2) is 6.06. The number of hydrogen-bond donors (Lipinski definition) is 1. The zero-order chi connectivity index (χ0) is 19.6. The van der Waals surface area contributed by atoms with Gasteiger partial charge in [0.1, 0.15) is 5.82 Å². The van der Waals surface area contributed by atoms with Crippen molar-refractivity contribution in [1.29, 1.82) is 0 Å². The summed E-state index contributed by atoms with van der Waals surface area (Å²) < 4.78 is 18.7. The number of nitrogen functional groups attached to an aromatic ring is 1. The molecule has 3 heterocycles. The first-order chi connectivity index (χ1) is 13.5. The number of nitrogens with two attached hydrogens (primary N) is 1. The highest BCUT2D eigenvalue weighted by Gasteiger charge is 2.33. The molecule has 2 N–H and O–H groups in total. The molecule has 1 atom stereocenters. The van der Waals surface area contributed by atoms with E-state index in [2.05, 4.69) is 10.3 Å². The van der Waals surface area contributed by atoms with Crippen molar-refractivity contribution >= 4 is 28.2 Å². The van der Waals surface area contributed by atoms with Gasteiger partial charge in [0.15, 0.2) is 0 Å². The first-order valence-corrected chi connectivity index (χ1v) is 9.40. The Kier molecular flexibility index (Phi) is 3.73. The molecule has 0 bridgehead atoms. The predicted octanol–water partition coefficient (Wildman–Crippen LogP) is 1.05. The van der Waals surface area contributed by atoms with Crippen molar-refractivity contribution in [3.05, 3.63) is 50.1 Å². The van der Waals surface area contributed by atoms with Gasteiger partial charge in [0, 0.05) is 25.3 Å². The summed E-state index contributed by atoms with van der Waals surface area (Å²) in [5, 5.41) is 7.90. The highest BCUT2D eigenvalue weighted by Crippen LogP contribution is 2.42. The van der Waals surface area contributed by atoms with Crippen molar-refractivity contribution in [3.8, 4) is 0 Å². The number of fused-ring (bicyclic) bond motifs is 1. The maximum Gasteiger partial charge on any atom is 0.350 e. The Morgan fingerprint density at radius 1 is 1.21 bits per heavy atom. The third kappa shape index (κ3) is 2.44. The Morgan fingerprint density at radius 3 is 2.68 bits per heavy atom. The summed E-state index contributed by atoms with van der Waals surface area (Å²) >= 11 is 6.61. The molecule has 28 heavy (non-hydrogen) atoms.